The lowest BCUT2D eigenvalue weighted by atomic mass is 10.2. The van der Waals surface area contributed by atoms with Crippen molar-refractivity contribution in [3.63, 3.8) is 0 Å². The van der Waals surface area contributed by atoms with Crippen molar-refractivity contribution in [2.45, 2.75) is 0 Å². The maximum absolute atomic E-state index is 12.8. The maximum Gasteiger partial charge on any atom is 0.190 e. The molecule has 2 aliphatic rings. The summed E-state index contributed by atoms with van der Waals surface area (Å²) >= 11 is 0. The molecule has 0 saturated carbocycles. The standard InChI is InChI=1S/C9H9FN2O/c1-13-9-3-2-7-8(12-9)4-6(10)5-11-7/h2-5,11-12H,1H3. The van der Waals surface area contributed by atoms with Gasteiger partial charge in [-0.15, -0.1) is 0 Å². The van der Waals surface area contributed by atoms with Crippen LogP contribution in [0.1, 0.15) is 0 Å². The maximum atomic E-state index is 12.8. The van der Waals surface area contributed by atoms with E-state index in [-0.39, 0.29) is 5.83 Å². The summed E-state index contributed by atoms with van der Waals surface area (Å²) in [5.41, 5.74) is 1.52. The first-order valence-electron chi connectivity index (χ1n) is 3.87. The third-order valence-electron chi connectivity index (χ3n) is 1.82. The summed E-state index contributed by atoms with van der Waals surface area (Å²) in [5, 5.41) is 5.73. The van der Waals surface area contributed by atoms with E-state index in [0.29, 0.717) is 11.6 Å². The molecule has 0 aromatic heterocycles. The topological polar surface area (TPSA) is 33.3 Å². The lowest BCUT2D eigenvalue weighted by Gasteiger charge is -2.21. The number of methoxy groups -OCH3 is 1. The van der Waals surface area contributed by atoms with Crippen LogP contribution in [0.2, 0.25) is 0 Å². The highest BCUT2D eigenvalue weighted by molar-refractivity contribution is 5.44. The van der Waals surface area contributed by atoms with Gasteiger partial charge in [-0.3, -0.25) is 0 Å². The van der Waals surface area contributed by atoms with Crippen LogP contribution in [0.5, 0.6) is 0 Å². The molecule has 0 radical (unpaired) electrons. The van der Waals surface area contributed by atoms with E-state index >= 15 is 0 Å². The second kappa shape index (κ2) is 2.97. The van der Waals surface area contributed by atoms with Gasteiger partial charge in [-0.25, -0.2) is 4.39 Å². The third kappa shape index (κ3) is 1.42. The Morgan fingerprint density at radius 3 is 2.92 bits per heavy atom. The number of allylic oxidation sites excluding steroid dienone is 4. The minimum absolute atomic E-state index is 0.308. The van der Waals surface area contributed by atoms with Crippen LogP contribution in [0.15, 0.2) is 47.5 Å². The number of rotatable bonds is 1. The first-order valence-corrected chi connectivity index (χ1v) is 3.87. The smallest absolute Gasteiger partial charge is 0.190 e. The molecule has 2 aliphatic heterocycles. The van der Waals surface area contributed by atoms with E-state index < -0.39 is 0 Å². The molecule has 2 N–H and O–H groups in total. The van der Waals surface area contributed by atoms with Gasteiger partial charge >= 0.3 is 0 Å². The van der Waals surface area contributed by atoms with Crippen LogP contribution in [-0.2, 0) is 4.74 Å². The summed E-state index contributed by atoms with van der Waals surface area (Å²) in [6.45, 7) is 0. The molecule has 0 saturated heterocycles. The normalized spacial score (nSPS) is 19.5. The number of hydrogen-bond acceptors (Lipinski definition) is 3. The van der Waals surface area contributed by atoms with Crippen molar-refractivity contribution in [1.29, 1.82) is 0 Å². The quantitative estimate of drug-likeness (QED) is 0.637. The van der Waals surface area contributed by atoms with E-state index in [1.165, 1.54) is 12.3 Å². The van der Waals surface area contributed by atoms with Gasteiger partial charge in [0, 0.05) is 18.4 Å². The monoisotopic (exact) mass is 180 g/mol. The number of dihydropyridines is 2. The van der Waals surface area contributed by atoms with Crippen LogP contribution >= 0.6 is 0 Å². The summed E-state index contributed by atoms with van der Waals surface area (Å²) in [4.78, 5) is 0. The molecule has 13 heavy (non-hydrogen) atoms. The van der Waals surface area contributed by atoms with Crippen molar-refractivity contribution < 1.29 is 9.13 Å². The van der Waals surface area contributed by atoms with Gasteiger partial charge < -0.3 is 15.4 Å². The number of halogens is 1. The molecule has 0 fully saturated rings. The summed E-state index contributed by atoms with van der Waals surface area (Å²) in [6.07, 6.45) is 6.32. The zero-order valence-electron chi connectivity index (χ0n) is 7.10. The van der Waals surface area contributed by atoms with Crippen LogP contribution in [-0.4, -0.2) is 7.11 Å². The molecule has 68 valence electrons. The second-order valence-corrected chi connectivity index (χ2v) is 2.67. The van der Waals surface area contributed by atoms with Gasteiger partial charge in [0.1, 0.15) is 5.83 Å². The minimum Gasteiger partial charge on any atom is -0.482 e. The SMILES string of the molecule is COC1=CC=C2NC=C(F)C=C2N1. The van der Waals surface area contributed by atoms with Crippen molar-refractivity contribution >= 4 is 0 Å². The number of ether oxygens (including phenoxy) is 1. The lowest BCUT2D eigenvalue weighted by molar-refractivity contribution is 0.268. The summed E-state index contributed by atoms with van der Waals surface area (Å²) in [6, 6.07) is 0. The molecule has 3 nitrogen and oxygen atoms in total. The van der Waals surface area contributed by atoms with Crippen molar-refractivity contribution in [3.8, 4) is 0 Å². The van der Waals surface area contributed by atoms with Crippen LogP contribution in [0.3, 0.4) is 0 Å². The lowest BCUT2D eigenvalue weighted by Crippen LogP contribution is -2.26. The highest BCUT2D eigenvalue weighted by atomic mass is 19.1. The fourth-order valence-electron chi connectivity index (χ4n) is 1.18. The summed E-state index contributed by atoms with van der Waals surface area (Å²) < 4.78 is 17.8. The zero-order chi connectivity index (χ0) is 9.26. The Morgan fingerprint density at radius 2 is 2.15 bits per heavy atom. The summed E-state index contributed by atoms with van der Waals surface area (Å²) in [5.74, 6) is 0.295. The predicted octanol–water partition coefficient (Wildman–Crippen LogP) is 1.26. The van der Waals surface area contributed by atoms with Crippen LogP contribution in [0.25, 0.3) is 0 Å². The van der Waals surface area contributed by atoms with E-state index in [4.69, 9.17) is 4.74 Å². The van der Waals surface area contributed by atoms with Crippen molar-refractivity contribution in [2.24, 2.45) is 0 Å². The Balaban J connectivity index is 2.29. The molecule has 0 bridgehead atoms. The molecule has 2 heterocycles. The van der Waals surface area contributed by atoms with Gasteiger partial charge in [0.2, 0.25) is 0 Å². The largest absolute Gasteiger partial charge is 0.482 e. The van der Waals surface area contributed by atoms with E-state index in [9.17, 15) is 4.39 Å². The Hall–Kier alpha value is -1.71. The summed E-state index contributed by atoms with van der Waals surface area (Å²) in [7, 11) is 1.56. The van der Waals surface area contributed by atoms with Crippen molar-refractivity contribution in [3.05, 3.63) is 47.5 Å². The van der Waals surface area contributed by atoms with Crippen LogP contribution < -0.4 is 10.6 Å². The second-order valence-electron chi connectivity index (χ2n) is 2.67. The number of nitrogens with one attached hydrogen (secondary N) is 2. The minimum atomic E-state index is -0.308. The molecule has 0 unspecified atom stereocenters. The predicted molar refractivity (Wildman–Crippen MR) is 46.7 cm³/mol. The molecule has 0 spiro atoms. The van der Waals surface area contributed by atoms with Crippen molar-refractivity contribution in [1.82, 2.24) is 10.6 Å². The molecule has 0 atom stereocenters. The van der Waals surface area contributed by atoms with Gasteiger partial charge in [-0.05, 0) is 6.08 Å². The molecule has 4 heteroatoms. The van der Waals surface area contributed by atoms with Gasteiger partial charge in [-0.1, -0.05) is 0 Å². The average molecular weight is 180 g/mol. The number of hydrogen-bond donors (Lipinski definition) is 2. The zero-order valence-corrected chi connectivity index (χ0v) is 7.10. The van der Waals surface area contributed by atoms with Gasteiger partial charge in [-0.2, -0.15) is 0 Å². The van der Waals surface area contributed by atoms with Gasteiger partial charge in [0.05, 0.1) is 18.5 Å². The van der Waals surface area contributed by atoms with E-state index in [0.717, 1.165) is 5.70 Å². The third-order valence-corrected chi connectivity index (χ3v) is 1.82. The molecular weight excluding hydrogens is 171 g/mol. The highest BCUT2D eigenvalue weighted by Crippen LogP contribution is 2.18. The van der Waals surface area contributed by atoms with Crippen LogP contribution in [0, 0.1) is 0 Å². The number of fused-ring (bicyclic) bond motifs is 1. The molecule has 2 rings (SSSR count). The average Bonchev–Trinajstić information content (AvgIpc) is 2.16. The van der Waals surface area contributed by atoms with E-state index in [1.54, 1.807) is 13.2 Å². The fraction of sp³-hybridized carbons (Fsp3) is 0.111. The molecular formula is C9H9FN2O. The molecule has 0 amide bonds. The first kappa shape index (κ1) is 7.91. The molecule has 0 aromatic carbocycles. The Kier molecular flexibility index (Phi) is 1.81. The van der Waals surface area contributed by atoms with Gasteiger partial charge in [0.25, 0.3) is 0 Å². The molecule has 0 aliphatic carbocycles. The molecule has 0 aromatic rings. The van der Waals surface area contributed by atoms with E-state index in [2.05, 4.69) is 10.6 Å². The highest BCUT2D eigenvalue weighted by Gasteiger charge is 2.14. The Morgan fingerprint density at radius 1 is 1.31 bits per heavy atom. The Labute approximate surface area is 75.3 Å². The van der Waals surface area contributed by atoms with Gasteiger partial charge in [0.15, 0.2) is 5.88 Å². The van der Waals surface area contributed by atoms with Crippen molar-refractivity contribution in [2.75, 3.05) is 7.11 Å². The first-order chi connectivity index (χ1) is 6.29. The Bertz CT molecular complexity index is 353. The van der Waals surface area contributed by atoms with E-state index in [1.807, 2.05) is 6.08 Å². The van der Waals surface area contributed by atoms with Crippen LogP contribution in [0.4, 0.5) is 4.39 Å². The fourth-order valence-corrected chi connectivity index (χ4v) is 1.18.